The first kappa shape index (κ1) is 15.5. The Morgan fingerprint density at radius 3 is 2.33 bits per heavy atom. The Bertz CT molecular complexity index is 584. The van der Waals surface area contributed by atoms with Gasteiger partial charge in [0.1, 0.15) is 11.3 Å². The number of carbonyl (C=O) groups is 1. The molecule has 1 amide bonds. The summed E-state index contributed by atoms with van der Waals surface area (Å²) in [7, 11) is 1.48. The van der Waals surface area contributed by atoms with Crippen molar-refractivity contribution in [2.24, 2.45) is 0 Å². The molecule has 1 aromatic carbocycles. The number of ether oxygens (including phenoxy) is 1. The third-order valence-electron chi connectivity index (χ3n) is 3.75. The Kier molecular flexibility index (Phi) is 4.07. The van der Waals surface area contributed by atoms with E-state index in [2.05, 4.69) is 0 Å². The summed E-state index contributed by atoms with van der Waals surface area (Å²) in [6.07, 6.45) is 0. The molecule has 1 N–H and O–H groups in total. The summed E-state index contributed by atoms with van der Waals surface area (Å²) in [6.45, 7) is 7.25. The van der Waals surface area contributed by atoms with Crippen LogP contribution < -0.4 is 0 Å². The van der Waals surface area contributed by atoms with E-state index in [1.165, 1.54) is 12.2 Å². The fraction of sp³-hybridized carbons (Fsp3) is 0.438. The third-order valence-corrected chi connectivity index (χ3v) is 3.75. The van der Waals surface area contributed by atoms with Crippen LogP contribution >= 0.6 is 0 Å². The van der Waals surface area contributed by atoms with Gasteiger partial charge in [0, 0.05) is 7.11 Å². The van der Waals surface area contributed by atoms with E-state index >= 15 is 0 Å². The SMILES string of the molecule is COCON1C(=O)C(c2c(C)cccc2C)=C(O)C1(C)C. The highest BCUT2D eigenvalue weighted by atomic mass is 16.8. The van der Waals surface area contributed by atoms with E-state index in [4.69, 9.17) is 9.57 Å². The second-order valence-electron chi connectivity index (χ2n) is 5.68. The van der Waals surface area contributed by atoms with Crippen molar-refractivity contribution in [3.8, 4) is 0 Å². The van der Waals surface area contributed by atoms with Gasteiger partial charge in [-0.2, -0.15) is 0 Å². The van der Waals surface area contributed by atoms with Crippen LogP contribution in [0.1, 0.15) is 30.5 Å². The van der Waals surface area contributed by atoms with Gasteiger partial charge in [-0.15, -0.1) is 0 Å². The highest BCUT2D eigenvalue weighted by molar-refractivity contribution is 6.23. The van der Waals surface area contributed by atoms with Crippen molar-refractivity contribution in [3.63, 3.8) is 0 Å². The summed E-state index contributed by atoms with van der Waals surface area (Å²) in [6, 6.07) is 5.76. The zero-order valence-corrected chi connectivity index (χ0v) is 13.1. The van der Waals surface area contributed by atoms with Gasteiger partial charge in [0.2, 0.25) is 0 Å². The summed E-state index contributed by atoms with van der Waals surface area (Å²) in [4.78, 5) is 18.0. The number of rotatable bonds is 4. The number of hydrogen-bond donors (Lipinski definition) is 1. The molecule has 0 unspecified atom stereocenters. The van der Waals surface area contributed by atoms with Crippen molar-refractivity contribution < 1.29 is 19.5 Å². The van der Waals surface area contributed by atoms with Gasteiger partial charge in [0.05, 0.1) is 5.57 Å². The zero-order chi connectivity index (χ0) is 15.8. The van der Waals surface area contributed by atoms with Gasteiger partial charge < -0.3 is 9.84 Å². The number of benzene rings is 1. The van der Waals surface area contributed by atoms with Crippen molar-refractivity contribution in [3.05, 3.63) is 40.6 Å². The molecule has 1 aliphatic heterocycles. The van der Waals surface area contributed by atoms with Gasteiger partial charge in [0.25, 0.3) is 5.91 Å². The maximum absolute atomic E-state index is 12.7. The average Bonchev–Trinajstić information content (AvgIpc) is 2.57. The minimum Gasteiger partial charge on any atom is -0.509 e. The molecule has 0 fully saturated rings. The van der Waals surface area contributed by atoms with Gasteiger partial charge >= 0.3 is 0 Å². The lowest BCUT2D eigenvalue weighted by molar-refractivity contribution is -0.238. The van der Waals surface area contributed by atoms with E-state index < -0.39 is 5.54 Å². The lowest BCUT2D eigenvalue weighted by Crippen LogP contribution is -2.43. The smallest absolute Gasteiger partial charge is 0.282 e. The maximum Gasteiger partial charge on any atom is 0.282 e. The highest BCUT2D eigenvalue weighted by Crippen LogP contribution is 2.40. The number of carbonyl (C=O) groups excluding carboxylic acids is 1. The van der Waals surface area contributed by atoms with E-state index in [1.807, 2.05) is 32.0 Å². The molecule has 1 heterocycles. The fourth-order valence-electron chi connectivity index (χ4n) is 2.62. The molecule has 0 saturated carbocycles. The molecular weight excluding hydrogens is 270 g/mol. The highest BCUT2D eigenvalue weighted by Gasteiger charge is 2.48. The molecule has 2 rings (SSSR count). The van der Waals surface area contributed by atoms with Gasteiger partial charge in [-0.25, -0.2) is 9.90 Å². The van der Waals surface area contributed by atoms with Crippen molar-refractivity contribution in [1.82, 2.24) is 5.06 Å². The number of nitrogens with zero attached hydrogens (tertiary/aromatic N) is 1. The van der Waals surface area contributed by atoms with E-state index in [9.17, 15) is 9.90 Å². The summed E-state index contributed by atoms with van der Waals surface area (Å²) in [5, 5.41) is 11.7. The Morgan fingerprint density at radius 1 is 1.24 bits per heavy atom. The standard InChI is InChI=1S/C16H21NO4/c1-10-7-6-8-11(2)12(10)13-14(18)16(3,4)17(15(13)19)21-9-20-5/h6-8,18H,9H2,1-5H3. The molecular formula is C16H21NO4. The van der Waals surface area contributed by atoms with E-state index in [-0.39, 0.29) is 18.5 Å². The second-order valence-corrected chi connectivity index (χ2v) is 5.68. The number of methoxy groups -OCH3 is 1. The summed E-state index contributed by atoms with van der Waals surface area (Å²) >= 11 is 0. The molecule has 0 atom stereocenters. The molecule has 21 heavy (non-hydrogen) atoms. The molecule has 114 valence electrons. The van der Waals surface area contributed by atoms with Crippen molar-refractivity contribution in [2.75, 3.05) is 13.9 Å². The predicted molar refractivity (Wildman–Crippen MR) is 79.4 cm³/mol. The van der Waals surface area contributed by atoms with Gasteiger partial charge in [-0.3, -0.25) is 4.79 Å². The Labute approximate surface area is 124 Å². The van der Waals surface area contributed by atoms with Crippen molar-refractivity contribution >= 4 is 11.5 Å². The van der Waals surface area contributed by atoms with Crippen LogP contribution in [0.5, 0.6) is 0 Å². The quantitative estimate of drug-likeness (QED) is 0.867. The van der Waals surface area contributed by atoms with Gasteiger partial charge in [-0.05, 0) is 44.4 Å². The molecule has 0 spiro atoms. The number of amides is 1. The number of aliphatic hydroxyl groups excluding tert-OH is 1. The number of hydrogen-bond acceptors (Lipinski definition) is 4. The summed E-state index contributed by atoms with van der Waals surface area (Å²) < 4.78 is 4.85. The van der Waals surface area contributed by atoms with Crippen LogP contribution in [-0.2, 0) is 14.4 Å². The maximum atomic E-state index is 12.7. The lowest BCUT2D eigenvalue weighted by Gasteiger charge is -2.30. The van der Waals surface area contributed by atoms with Crippen molar-refractivity contribution in [2.45, 2.75) is 33.2 Å². The number of aryl methyl sites for hydroxylation is 2. The van der Waals surface area contributed by atoms with Gasteiger partial charge in [-0.1, -0.05) is 18.2 Å². The van der Waals surface area contributed by atoms with E-state index in [1.54, 1.807) is 13.8 Å². The summed E-state index contributed by atoms with van der Waals surface area (Å²) in [5.41, 5.74) is 2.01. The molecule has 0 aliphatic carbocycles. The van der Waals surface area contributed by atoms with Crippen LogP contribution in [0.15, 0.2) is 24.0 Å². The average molecular weight is 291 g/mol. The molecule has 1 aliphatic rings. The monoisotopic (exact) mass is 291 g/mol. The first-order chi connectivity index (χ1) is 9.82. The largest absolute Gasteiger partial charge is 0.509 e. The summed E-state index contributed by atoms with van der Waals surface area (Å²) in [5.74, 6) is -0.340. The molecule has 0 bridgehead atoms. The first-order valence-electron chi connectivity index (χ1n) is 6.79. The normalized spacial score (nSPS) is 17.8. The number of aliphatic hydroxyl groups is 1. The molecule has 0 saturated heterocycles. The zero-order valence-electron chi connectivity index (χ0n) is 13.1. The molecule has 0 radical (unpaired) electrons. The van der Waals surface area contributed by atoms with Crippen LogP contribution in [0, 0.1) is 13.8 Å². The van der Waals surface area contributed by atoms with Gasteiger partial charge in [0.15, 0.2) is 6.79 Å². The lowest BCUT2D eigenvalue weighted by atomic mass is 9.93. The minimum absolute atomic E-state index is 0.0148. The third kappa shape index (κ3) is 2.43. The Balaban J connectivity index is 2.54. The minimum atomic E-state index is -0.931. The number of hydroxylamine groups is 2. The molecule has 5 heteroatoms. The van der Waals surface area contributed by atoms with Crippen LogP contribution in [0.25, 0.3) is 5.57 Å². The molecule has 0 aromatic heterocycles. The van der Waals surface area contributed by atoms with Crippen LogP contribution in [0.4, 0.5) is 0 Å². The Morgan fingerprint density at radius 2 is 1.81 bits per heavy atom. The van der Waals surface area contributed by atoms with E-state index in [0.29, 0.717) is 5.57 Å². The first-order valence-corrected chi connectivity index (χ1v) is 6.79. The topological polar surface area (TPSA) is 59.0 Å². The predicted octanol–water partition coefficient (Wildman–Crippen LogP) is 2.73. The molecule has 5 nitrogen and oxygen atoms in total. The Hall–Kier alpha value is -1.85. The van der Waals surface area contributed by atoms with Crippen LogP contribution in [-0.4, -0.2) is 35.5 Å². The fourth-order valence-corrected chi connectivity index (χ4v) is 2.62. The molecule has 1 aromatic rings. The van der Waals surface area contributed by atoms with Crippen LogP contribution in [0.2, 0.25) is 0 Å². The van der Waals surface area contributed by atoms with Crippen LogP contribution in [0.3, 0.4) is 0 Å². The van der Waals surface area contributed by atoms with Crippen molar-refractivity contribution in [1.29, 1.82) is 0 Å². The van der Waals surface area contributed by atoms with E-state index in [0.717, 1.165) is 16.7 Å². The second kappa shape index (κ2) is 5.50.